The van der Waals surface area contributed by atoms with Gasteiger partial charge in [0, 0.05) is 5.69 Å². The molecule has 2 N–H and O–H groups in total. The van der Waals surface area contributed by atoms with E-state index in [1.165, 1.54) is 0 Å². The fourth-order valence-corrected chi connectivity index (χ4v) is 3.49. The molecule has 3 rings (SSSR count). The van der Waals surface area contributed by atoms with Crippen molar-refractivity contribution in [1.82, 2.24) is 0 Å². The third-order valence-electron chi connectivity index (χ3n) is 4.50. The Morgan fingerprint density at radius 2 is 1.86 bits per heavy atom. The second-order valence-corrected chi connectivity index (χ2v) is 5.99. The zero-order chi connectivity index (χ0) is 15.1. The predicted octanol–water partition coefficient (Wildman–Crippen LogP) is 2.12. The largest absolute Gasteiger partial charge is 0.481 e. The number of carboxylic acids is 1. The van der Waals surface area contributed by atoms with Crippen LogP contribution in [0.3, 0.4) is 0 Å². The summed E-state index contributed by atoms with van der Waals surface area (Å²) in [6.07, 6.45) is 0.915. The SMILES string of the molecule is Cc1ccc(NC(=O)C2C(C(=O)O)[C@H]3CC[C@H]2O3)c(C)c1. The number of hydrogen-bond donors (Lipinski definition) is 2. The average Bonchev–Trinajstić information content (AvgIpc) is 3.02. The number of amides is 1. The molecule has 4 atom stereocenters. The number of aliphatic carboxylic acids is 1. The van der Waals surface area contributed by atoms with E-state index in [9.17, 15) is 14.7 Å². The highest BCUT2D eigenvalue weighted by Crippen LogP contribution is 2.44. The molecule has 2 fully saturated rings. The van der Waals surface area contributed by atoms with Gasteiger partial charge in [-0.15, -0.1) is 0 Å². The minimum Gasteiger partial charge on any atom is -0.481 e. The molecule has 2 aliphatic heterocycles. The summed E-state index contributed by atoms with van der Waals surface area (Å²) in [5.74, 6) is -2.51. The Morgan fingerprint density at radius 3 is 2.48 bits per heavy atom. The number of carbonyl (C=O) groups excluding carboxylic acids is 1. The van der Waals surface area contributed by atoms with Gasteiger partial charge in [-0.05, 0) is 38.3 Å². The van der Waals surface area contributed by atoms with E-state index in [0.29, 0.717) is 0 Å². The molecule has 5 nitrogen and oxygen atoms in total. The molecule has 2 heterocycles. The van der Waals surface area contributed by atoms with Crippen LogP contribution in [-0.2, 0) is 14.3 Å². The van der Waals surface area contributed by atoms with Crippen LogP contribution < -0.4 is 5.32 Å². The van der Waals surface area contributed by atoms with Crippen molar-refractivity contribution < 1.29 is 19.4 Å². The molecular weight excluding hydrogens is 270 g/mol. The summed E-state index contributed by atoms with van der Waals surface area (Å²) in [4.78, 5) is 23.9. The molecule has 0 saturated carbocycles. The quantitative estimate of drug-likeness (QED) is 0.893. The molecule has 1 aromatic rings. The standard InChI is InChI=1S/C16H19NO4/c1-8-3-4-10(9(2)7-8)17-15(18)13-11-5-6-12(21-11)14(13)16(19)20/h3-4,7,11-14H,5-6H2,1-2H3,(H,17,18)(H,19,20)/t11-,12-,13?,14?/m1/s1. The highest BCUT2D eigenvalue weighted by atomic mass is 16.5. The third-order valence-corrected chi connectivity index (χ3v) is 4.50. The number of carboxylic acid groups (broad SMARTS) is 1. The Morgan fingerprint density at radius 1 is 1.19 bits per heavy atom. The number of fused-ring (bicyclic) bond motifs is 2. The zero-order valence-electron chi connectivity index (χ0n) is 12.1. The van der Waals surface area contributed by atoms with E-state index in [4.69, 9.17) is 4.74 Å². The maximum absolute atomic E-state index is 12.5. The maximum atomic E-state index is 12.5. The van der Waals surface area contributed by atoms with Gasteiger partial charge >= 0.3 is 5.97 Å². The summed E-state index contributed by atoms with van der Waals surface area (Å²) in [5.41, 5.74) is 2.83. The van der Waals surface area contributed by atoms with Gasteiger partial charge in [0.15, 0.2) is 0 Å². The summed E-state index contributed by atoms with van der Waals surface area (Å²) in [6, 6.07) is 5.77. The summed E-state index contributed by atoms with van der Waals surface area (Å²) in [5, 5.41) is 12.2. The molecule has 2 bridgehead atoms. The van der Waals surface area contributed by atoms with E-state index >= 15 is 0 Å². The van der Waals surface area contributed by atoms with E-state index in [2.05, 4.69) is 5.32 Å². The first-order valence-electron chi connectivity index (χ1n) is 7.24. The van der Waals surface area contributed by atoms with Crippen LogP contribution in [-0.4, -0.2) is 29.2 Å². The first kappa shape index (κ1) is 14.1. The van der Waals surface area contributed by atoms with Gasteiger partial charge in [-0.3, -0.25) is 9.59 Å². The van der Waals surface area contributed by atoms with Crippen LogP contribution >= 0.6 is 0 Å². The van der Waals surface area contributed by atoms with Crippen LogP contribution in [0.5, 0.6) is 0 Å². The van der Waals surface area contributed by atoms with Crippen LogP contribution in [0.2, 0.25) is 0 Å². The smallest absolute Gasteiger partial charge is 0.310 e. The van der Waals surface area contributed by atoms with Crippen molar-refractivity contribution in [3.05, 3.63) is 29.3 Å². The van der Waals surface area contributed by atoms with E-state index in [0.717, 1.165) is 29.7 Å². The second kappa shape index (κ2) is 5.15. The number of carbonyl (C=O) groups is 2. The fraction of sp³-hybridized carbons (Fsp3) is 0.500. The molecule has 0 radical (unpaired) electrons. The highest BCUT2D eigenvalue weighted by molar-refractivity contribution is 5.96. The van der Waals surface area contributed by atoms with Crippen molar-refractivity contribution in [2.75, 3.05) is 5.32 Å². The summed E-state index contributed by atoms with van der Waals surface area (Å²) in [7, 11) is 0. The number of anilines is 1. The van der Waals surface area contributed by atoms with Gasteiger partial charge in [-0.1, -0.05) is 17.7 Å². The van der Waals surface area contributed by atoms with Crippen molar-refractivity contribution in [2.45, 2.75) is 38.9 Å². The second-order valence-electron chi connectivity index (χ2n) is 5.99. The van der Waals surface area contributed by atoms with Gasteiger partial charge in [0.25, 0.3) is 0 Å². The number of ether oxygens (including phenoxy) is 1. The first-order chi connectivity index (χ1) is 9.97. The minimum absolute atomic E-state index is 0.249. The summed E-state index contributed by atoms with van der Waals surface area (Å²) < 4.78 is 5.63. The molecule has 5 heteroatoms. The molecular formula is C16H19NO4. The molecule has 2 saturated heterocycles. The van der Waals surface area contributed by atoms with Gasteiger partial charge in [0.1, 0.15) is 0 Å². The number of hydrogen-bond acceptors (Lipinski definition) is 3. The van der Waals surface area contributed by atoms with Crippen molar-refractivity contribution >= 4 is 17.6 Å². The van der Waals surface area contributed by atoms with E-state index in [1.54, 1.807) is 0 Å². The van der Waals surface area contributed by atoms with Crippen LogP contribution in [0.25, 0.3) is 0 Å². The third kappa shape index (κ3) is 2.42. The molecule has 0 aliphatic carbocycles. The van der Waals surface area contributed by atoms with E-state index < -0.39 is 17.8 Å². The van der Waals surface area contributed by atoms with Crippen molar-refractivity contribution in [3.63, 3.8) is 0 Å². The Bertz CT molecular complexity index is 598. The van der Waals surface area contributed by atoms with Crippen LogP contribution in [0, 0.1) is 25.7 Å². The summed E-state index contributed by atoms with van der Waals surface area (Å²) >= 11 is 0. The number of benzene rings is 1. The van der Waals surface area contributed by atoms with Crippen molar-refractivity contribution in [3.8, 4) is 0 Å². The van der Waals surface area contributed by atoms with Crippen LogP contribution in [0.1, 0.15) is 24.0 Å². The molecule has 2 unspecified atom stereocenters. The van der Waals surface area contributed by atoms with Crippen LogP contribution in [0.4, 0.5) is 5.69 Å². The lowest BCUT2D eigenvalue weighted by Gasteiger charge is -2.24. The van der Waals surface area contributed by atoms with E-state index in [1.807, 2.05) is 32.0 Å². The Hall–Kier alpha value is -1.88. The molecule has 112 valence electrons. The molecule has 0 aromatic heterocycles. The zero-order valence-corrected chi connectivity index (χ0v) is 12.1. The molecule has 2 aliphatic rings. The maximum Gasteiger partial charge on any atom is 0.310 e. The average molecular weight is 289 g/mol. The number of aryl methyl sites for hydroxylation is 2. The molecule has 21 heavy (non-hydrogen) atoms. The molecule has 0 spiro atoms. The number of nitrogens with one attached hydrogen (secondary N) is 1. The van der Waals surface area contributed by atoms with E-state index in [-0.39, 0.29) is 18.1 Å². The lowest BCUT2D eigenvalue weighted by Crippen LogP contribution is -2.41. The van der Waals surface area contributed by atoms with Gasteiger partial charge < -0.3 is 15.2 Å². The normalized spacial score (nSPS) is 30.4. The fourth-order valence-electron chi connectivity index (χ4n) is 3.49. The predicted molar refractivity (Wildman–Crippen MR) is 77.1 cm³/mol. The number of rotatable bonds is 3. The van der Waals surface area contributed by atoms with Gasteiger partial charge in [0.2, 0.25) is 5.91 Å². The Kier molecular flexibility index (Phi) is 3.45. The topological polar surface area (TPSA) is 75.6 Å². The molecule has 1 amide bonds. The highest BCUT2D eigenvalue weighted by Gasteiger charge is 2.55. The lowest BCUT2D eigenvalue weighted by molar-refractivity contribution is -0.147. The van der Waals surface area contributed by atoms with Gasteiger partial charge in [-0.25, -0.2) is 0 Å². The Labute approximate surface area is 123 Å². The summed E-state index contributed by atoms with van der Waals surface area (Å²) in [6.45, 7) is 3.91. The van der Waals surface area contributed by atoms with Crippen molar-refractivity contribution in [1.29, 1.82) is 0 Å². The monoisotopic (exact) mass is 289 g/mol. The van der Waals surface area contributed by atoms with Gasteiger partial charge in [-0.2, -0.15) is 0 Å². The Balaban J connectivity index is 1.80. The van der Waals surface area contributed by atoms with Crippen LogP contribution in [0.15, 0.2) is 18.2 Å². The van der Waals surface area contributed by atoms with Crippen molar-refractivity contribution in [2.24, 2.45) is 11.8 Å². The minimum atomic E-state index is -0.942. The lowest BCUT2D eigenvalue weighted by atomic mass is 9.78. The van der Waals surface area contributed by atoms with Gasteiger partial charge in [0.05, 0.1) is 24.0 Å². The first-order valence-corrected chi connectivity index (χ1v) is 7.24. The molecule has 1 aromatic carbocycles.